The molecule has 5 heteroatoms. The summed E-state index contributed by atoms with van der Waals surface area (Å²) >= 11 is 0. The highest BCUT2D eigenvalue weighted by Gasteiger charge is 2.19. The minimum absolute atomic E-state index is 0.314. The van der Waals surface area contributed by atoms with Crippen LogP contribution >= 0.6 is 8.25 Å². The van der Waals surface area contributed by atoms with Gasteiger partial charge in [-0.2, -0.15) is 0 Å². The Morgan fingerprint density at radius 3 is 2.07 bits per heavy atom. The maximum absolute atomic E-state index is 11.2. The largest absolute Gasteiger partial charge is 0.732 e. The Kier molecular flexibility index (Phi) is 12.0. The van der Waals surface area contributed by atoms with Crippen LogP contribution in [0.2, 0.25) is 0 Å². The topological polar surface area (TPSA) is 35.5 Å². The molecule has 0 aliphatic carbocycles. The summed E-state index contributed by atoms with van der Waals surface area (Å²) in [5, 5.41) is 0. The Bertz CT molecular complexity index is 156. The van der Waals surface area contributed by atoms with E-state index in [1.54, 1.807) is 0 Å². The molecule has 0 aliphatic heterocycles. The van der Waals surface area contributed by atoms with Crippen LogP contribution < -0.4 is 0 Å². The van der Waals surface area contributed by atoms with E-state index in [1.165, 1.54) is 38.5 Å². The zero-order valence-electron chi connectivity index (χ0n) is 9.41. The molecule has 0 radical (unpaired) electrons. The van der Waals surface area contributed by atoms with Crippen molar-refractivity contribution in [2.45, 2.75) is 58.3 Å². The molecule has 1 atom stereocenters. The maximum Gasteiger partial charge on any atom is 0.732 e. The molecular formula is C10H21FO3P+. The molecule has 0 saturated heterocycles. The zero-order valence-corrected chi connectivity index (χ0v) is 10.3. The predicted octanol–water partition coefficient (Wildman–Crippen LogP) is 4.70. The standard InChI is InChI=1S/C10H21FO3P/c1-2-3-4-5-6-7-8-9-10-13-15(12)14-11/h2-10H2,1H3/q+1. The van der Waals surface area contributed by atoms with Crippen molar-refractivity contribution in [3.63, 3.8) is 0 Å². The van der Waals surface area contributed by atoms with Crippen molar-refractivity contribution in [1.82, 2.24) is 0 Å². The van der Waals surface area contributed by atoms with Crippen LogP contribution in [-0.4, -0.2) is 6.61 Å². The van der Waals surface area contributed by atoms with E-state index in [0.717, 1.165) is 12.8 Å². The van der Waals surface area contributed by atoms with Crippen LogP contribution in [-0.2, 0) is 13.8 Å². The highest BCUT2D eigenvalue weighted by Crippen LogP contribution is 2.24. The predicted molar refractivity (Wildman–Crippen MR) is 58.4 cm³/mol. The third kappa shape index (κ3) is 11.9. The molecule has 0 saturated carbocycles. The van der Waals surface area contributed by atoms with Crippen molar-refractivity contribution < 1.29 is 18.3 Å². The molecule has 0 aromatic rings. The fraction of sp³-hybridized carbons (Fsp3) is 1.00. The van der Waals surface area contributed by atoms with Gasteiger partial charge in [-0.15, -0.1) is 4.52 Å². The second-order valence-corrected chi connectivity index (χ2v) is 4.44. The van der Waals surface area contributed by atoms with Crippen molar-refractivity contribution in [3.05, 3.63) is 0 Å². The molecule has 0 spiro atoms. The van der Waals surface area contributed by atoms with E-state index in [9.17, 15) is 9.09 Å². The maximum atomic E-state index is 11.2. The van der Waals surface area contributed by atoms with Gasteiger partial charge in [0.1, 0.15) is 11.3 Å². The second-order valence-electron chi connectivity index (χ2n) is 3.60. The van der Waals surface area contributed by atoms with Gasteiger partial charge in [0.05, 0.1) is 0 Å². The van der Waals surface area contributed by atoms with Gasteiger partial charge in [0.2, 0.25) is 0 Å². The lowest BCUT2D eigenvalue weighted by Gasteiger charge is -1.99. The normalized spacial score (nSPS) is 11.7. The molecule has 0 aromatic carbocycles. The van der Waals surface area contributed by atoms with E-state index in [2.05, 4.69) is 16.2 Å². The van der Waals surface area contributed by atoms with E-state index < -0.39 is 8.25 Å². The van der Waals surface area contributed by atoms with Gasteiger partial charge in [0.25, 0.3) is 0 Å². The molecule has 0 heterocycles. The molecule has 3 nitrogen and oxygen atoms in total. The Labute approximate surface area is 92.2 Å². The molecular weight excluding hydrogens is 218 g/mol. The molecule has 0 fully saturated rings. The first kappa shape index (κ1) is 14.9. The summed E-state index contributed by atoms with van der Waals surface area (Å²) in [5.41, 5.74) is 0. The van der Waals surface area contributed by atoms with Gasteiger partial charge in [-0.25, -0.2) is 0 Å². The van der Waals surface area contributed by atoms with Gasteiger partial charge < -0.3 is 0 Å². The highest BCUT2D eigenvalue weighted by atomic mass is 31.1. The van der Waals surface area contributed by atoms with Gasteiger partial charge >= 0.3 is 8.25 Å². The summed E-state index contributed by atoms with van der Waals surface area (Å²) in [6.45, 7) is 2.51. The average molecular weight is 239 g/mol. The van der Waals surface area contributed by atoms with Crippen molar-refractivity contribution in [2.24, 2.45) is 0 Å². The lowest BCUT2D eigenvalue weighted by atomic mass is 10.1. The van der Waals surface area contributed by atoms with E-state index in [0.29, 0.717) is 6.61 Å². The first-order valence-electron chi connectivity index (χ1n) is 5.70. The molecule has 0 aliphatic rings. The summed E-state index contributed by atoms with van der Waals surface area (Å²) in [5.74, 6) is 0. The van der Waals surface area contributed by atoms with Crippen LogP contribution in [0.4, 0.5) is 4.53 Å². The van der Waals surface area contributed by atoms with Crippen molar-refractivity contribution >= 4 is 8.25 Å². The van der Waals surface area contributed by atoms with Crippen LogP contribution in [0.1, 0.15) is 58.3 Å². The van der Waals surface area contributed by atoms with Gasteiger partial charge in [-0.05, 0) is 6.42 Å². The fourth-order valence-electron chi connectivity index (χ4n) is 1.39. The smallest absolute Gasteiger partial charge is 0.117 e. The molecule has 0 bridgehead atoms. The van der Waals surface area contributed by atoms with Crippen LogP contribution in [0.15, 0.2) is 0 Å². The van der Waals surface area contributed by atoms with Crippen molar-refractivity contribution in [1.29, 1.82) is 0 Å². The molecule has 90 valence electrons. The summed E-state index contributed by atoms with van der Waals surface area (Å²) in [4.78, 5) is 0. The molecule has 0 rings (SSSR count). The molecule has 1 unspecified atom stereocenters. The van der Waals surface area contributed by atoms with Crippen molar-refractivity contribution in [3.8, 4) is 0 Å². The van der Waals surface area contributed by atoms with Crippen LogP contribution in [0.3, 0.4) is 0 Å². The van der Waals surface area contributed by atoms with Gasteiger partial charge in [-0.3, -0.25) is 0 Å². The van der Waals surface area contributed by atoms with E-state index >= 15 is 0 Å². The number of unbranched alkanes of at least 4 members (excludes halogenated alkanes) is 7. The first-order chi connectivity index (χ1) is 7.31. The fourth-order valence-corrected chi connectivity index (χ4v) is 1.71. The average Bonchev–Trinajstić information content (AvgIpc) is 2.26. The highest BCUT2D eigenvalue weighted by molar-refractivity contribution is 7.33. The van der Waals surface area contributed by atoms with Crippen LogP contribution in [0.25, 0.3) is 0 Å². The van der Waals surface area contributed by atoms with Gasteiger partial charge in [0.15, 0.2) is 0 Å². The Morgan fingerprint density at radius 2 is 1.53 bits per heavy atom. The Hall–Kier alpha value is -0.0500. The third-order valence-corrected chi connectivity index (χ3v) is 2.76. The quantitative estimate of drug-likeness (QED) is 0.387. The summed E-state index contributed by atoms with van der Waals surface area (Å²) in [6, 6.07) is 0. The lowest BCUT2D eigenvalue weighted by molar-refractivity contribution is -0.0161. The zero-order chi connectivity index (χ0) is 11.4. The number of hydrogen-bond donors (Lipinski definition) is 0. The molecule has 15 heavy (non-hydrogen) atoms. The number of hydrogen-bond acceptors (Lipinski definition) is 3. The van der Waals surface area contributed by atoms with Gasteiger partial charge in [-0.1, -0.05) is 51.9 Å². The first-order valence-corrected chi connectivity index (χ1v) is 6.79. The summed E-state index contributed by atoms with van der Waals surface area (Å²) < 4.78 is 29.1. The monoisotopic (exact) mass is 239 g/mol. The van der Waals surface area contributed by atoms with Crippen LogP contribution in [0.5, 0.6) is 0 Å². The minimum atomic E-state index is -2.53. The van der Waals surface area contributed by atoms with Crippen LogP contribution in [0, 0.1) is 0 Å². The van der Waals surface area contributed by atoms with E-state index in [-0.39, 0.29) is 0 Å². The lowest BCUT2D eigenvalue weighted by Crippen LogP contribution is -1.87. The SMILES string of the molecule is CCCCCCCCCCO[P+](=O)OF. The molecule has 0 amide bonds. The van der Waals surface area contributed by atoms with Gasteiger partial charge in [0, 0.05) is 9.09 Å². The molecule has 0 aromatic heterocycles. The number of halogens is 1. The summed E-state index contributed by atoms with van der Waals surface area (Å²) in [6.07, 6.45) is 9.46. The Morgan fingerprint density at radius 1 is 1.00 bits per heavy atom. The van der Waals surface area contributed by atoms with E-state index in [1.807, 2.05) is 0 Å². The number of rotatable bonds is 11. The third-order valence-electron chi connectivity index (χ3n) is 2.25. The summed E-state index contributed by atoms with van der Waals surface area (Å²) in [7, 11) is -2.53. The Balaban J connectivity index is 2.95. The molecule has 0 N–H and O–H groups in total. The minimum Gasteiger partial charge on any atom is -0.117 e. The second kappa shape index (κ2) is 12.0. The van der Waals surface area contributed by atoms with E-state index in [4.69, 9.17) is 0 Å². The van der Waals surface area contributed by atoms with Crippen molar-refractivity contribution in [2.75, 3.05) is 6.61 Å².